The van der Waals surface area contributed by atoms with Crippen LogP contribution in [0.1, 0.15) is 15.9 Å². The van der Waals surface area contributed by atoms with Crippen LogP contribution in [0.2, 0.25) is 0 Å². The maximum atomic E-state index is 11.2. The zero-order valence-corrected chi connectivity index (χ0v) is 12.9. The van der Waals surface area contributed by atoms with Crippen molar-refractivity contribution in [3.63, 3.8) is 0 Å². The first-order chi connectivity index (χ1) is 10.1. The van der Waals surface area contributed by atoms with Crippen LogP contribution >= 0.6 is 22.6 Å². The zero-order valence-electron chi connectivity index (χ0n) is 10.7. The Labute approximate surface area is 134 Å². The normalized spacial score (nSPS) is 10.5. The van der Waals surface area contributed by atoms with Crippen LogP contribution in [0.4, 0.5) is 0 Å². The Balaban J connectivity index is 2.24. The number of aromatic nitrogens is 1. The van der Waals surface area contributed by atoms with Gasteiger partial charge in [-0.05, 0) is 59.0 Å². The van der Waals surface area contributed by atoms with Gasteiger partial charge in [0.25, 0.3) is 0 Å². The molecule has 4 nitrogen and oxygen atoms in total. The van der Waals surface area contributed by atoms with Gasteiger partial charge in [-0.1, -0.05) is 6.07 Å². The molecule has 0 radical (unpaired) electrons. The third kappa shape index (κ3) is 2.28. The molecule has 3 aromatic rings. The minimum absolute atomic E-state index is 0.281. The molecule has 0 amide bonds. The molecule has 0 unspecified atom stereocenters. The average molecular weight is 388 g/mol. The zero-order chi connectivity index (χ0) is 15.0. The Morgan fingerprint density at radius 2 is 2.05 bits per heavy atom. The number of hydrogen-bond acceptors (Lipinski definition) is 2. The summed E-state index contributed by atoms with van der Waals surface area (Å²) in [6.07, 6.45) is 1.88. The van der Waals surface area contributed by atoms with Crippen molar-refractivity contribution in [3.05, 3.63) is 63.4 Å². The maximum Gasteiger partial charge on any atom is 0.336 e. The Kier molecular flexibility index (Phi) is 3.39. The molecule has 21 heavy (non-hydrogen) atoms. The van der Waals surface area contributed by atoms with E-state index in [-0.39, 0.29) is 5.56 Å². The van der Waals surface area contributed by atoms with Crippen LogP contribution in [0.25, 0.3) is 16.6 Å². The molecule has 0 bridgehead atoms. The van der Waals surface area contributed by atoms with Gasteiger partial charge in [0.2, 0.25) is 0 Å². The fourth-order valence-electron chi connectivity index (χ4n) is 2.29. The summed E-state index contributed by atoms with van der Waals surface area (Å²) in [4.78, 5) is 11.2. The van der Waals surface area contributed by atoms with Gasteiger partial charge in [0.05, 0.1) is 32.0 Å². The summed E-state index contributed by atoms with van der Waals surface area (Å²) in [5.41, 5.74) is 2.64. The summed E-state index contributed by atoms with van der Waals surface area (Å²) in [5, 5.41) is 19.1. The van der Waals surface area contributed by atoms with E-state index in [0.29, 0.717) is 9.13 Å². The lowest BCUT2D eigenvalue weighted by molar-refractivity contribution is 0.0695. The van der Waals surface area contributed by atoms with Crippen molar-refractivity contribution in [3.8, 4) is 11.8 Å². The van der Waals surface area contributed by atoms with E-state index in [1.807, 2.05) is 57.6 Å². The molecule has 0 atom stereocenters. The summed E-state index contributed by atoms with van der Waals surface area (Å²) in [7, 11) is 0. The lowest BCUT2D eigenvalue weighted by Gasteiger charge is -2.10. The number of carboxylic acid groups (broad SMARTS) is 1. The molecule has 0 saturated heterocycles. The highest BCUT2D eigenvalue weighted by atomic mass is 127. The predicted octanol–water partition coefficient (Wildman–Crippen LogP) is 3.80. The van der Waals surface area contributed by atoms with Crippen molar-refractivity contribution in [1.82, 2.24) is 4.57 Å². The monoisotopic (exact) mass is 388 g/mol. The van der Waals surface area contributed by atoms with E-state index < -0.39 is 5.97 Å². The fourth-order valence-corrected chi connectivity index (χ4v) is 3.14. The van der Waals surface area contributed by atoms with Gasteiger partial charge in [-0.25, -0.2) is 4.79 Å². The number of nitriles is 1. The molecular formula is C16H9IN2O2. The van der Waals surface area contributed by atoms with E-state index in [1.165, 1.54) is 0 Å². The number of aromatic carboxylic acids is 1. The second kappa shape index (κ2) is 5.22. The Morgan fingerprint density at radius 1 is 1.24 bits per heavy atom. The molecule has 2 aromatic carbocycles. The molecule has 0 aliphatic rings. The van der Waals surface area contributed by atoms with Crippen molar-refractivity contribution in [2.45, 2.75) is 0 Å². The third-order valence-electron chi connectivity index (χ3n) is 3.29. The third-order valence-corrected chi connectivity index (χ3v) is 4.42. The van der Waals surface area contributed by atoms with Crippen LogP contribution in [0.3, 0.4) is 0 Å². The van der Waals surface area contributed by atoms with E-state index in [9.17, 15) is 9.90 Å². The van der Waals surface area contributed by atoms with E-state index in [4.69, 9.17) is 5.26 Å². The first-order valence-corrected chi connectivity index (χ1v) is 7.23. The van der Waals surface area contributed by atoms with Crippen LogP contribution < -0.4 is 0 Å². The van der Waals surface area contributed by atoms with Crippen LogP contribution in [-0.2, 0) is 0 Å². The van der Waals surface area contributed by atoms with Gasteiger partial charge in [-0.15, -0.1) is 0 Å². The largest absolute Gasteiger partial charge is 0.478 e. The van der Waals surface area contributed by atoms with Gasteiger partial charge in [0.15, 0.2) is 0 Å². The molecule has 102 valence electrons. The van der Waals surface area contributed by atoms with E-state index >= 15 is 0 Å². The molecule has 3 rings (SSSR count). The molecule has 0 saturated carbocycles. The fraction of sp³-hybridized carbons (Fsp3) is 0. The molecular weight excluding hydrogens is 379 g/mol. The first kappa shape index (κ1) is 13.6. The lowest BCUT2D eigenvalue weighted by atomic mass is 10.1. The van der Waals surface area contributed by atoms with Crippen LogP contribution in [0, 0.1) is 14.9 Å². The molecule has 1 N–H and O–H groups in total. The van der Waals surface area contributed by atoms with Crippen molar-refractivity contribution in [1.29, 1.82) is 5.26 Å². The summed E-state index contributed by atoms with van der Waals surface area (Å²) in [6, 6.07) is 14.7. The Hall–Kier alpha value is -2.33. The minimum atomic E-state index is -0.940. The van der Waals surface area contributed by atoms with Crippen LogP contribution in [0.5, 0.6) is 0 Å². The average Bonchev–Trinajstić information content (AvgIpc) is 2.90. The lowest BCUT2D eigenvalue weighted by Crippen LogP contribution is -2.04. The number of rotatable bonds is 2. The predicted molar refractivity (Wildman–Crippen MR) is 87.7 cm³/mol. The van der Waals surface area contributed by atoms with Crippen LogP contribution in [-0.4, -0.2) is 15.6 Å². The number of carboxylic acids is 1. The number of benzene rings is 2. The quantitative estimate of drug-likeness (QED) is 0.680. The summed E-state index contributed by atoms with van der Waals surface area (Å²) < 4.78 is 2.62. The second-order valence-electron chi connectivity index (χ2n) is 4.51. The van der Waals surface area contributed by atoms with Crippen molar-refractivity contribution in [2.75, 3.05) is 0 Å². The van der Waals surface area contributed by atoms with Crippen molar-refractivity contribution in [2.24, 2.45) is 0 Å². The molecule has 1 aromatic heterocycles. The SMILES string of the molecule is N#Cc1ccc2c(ccn2-c2cccc(C(=O)O)c2I)c1. The van der Waals surface area contributed by atoms with E-state index in [0.717, 1.165) is 16.6 Å². The number of halogens is 1. The number of nitrogens with zero attached hydrogens (tertiary/aromatic N) is 2. The smallest absolute Gasteiger partial charge is 0.336 e. The Morgan fingerprint density at radius 3 is 2.76 bits per heavy atom. The molecule has 5 heteroatoms. The van der Waals surface area contributed by atoms with E-state index in [1.54, 1.807) is 18.2 Å². The maximum absolute atomic E-state index is 11.2. The van der Waals surface area contributed by atoms with Crippen molar-refractivity contribution < 1.29 is 9.90 Å². The van der Waals surface area contributed by atoms with Crippen LogP contribution in [0.15, 0.2) is 48.7 Å². The molecule has 0 aliphatic heterocycles. The molecule has 1 heterocycles. The molecule has 0 aliphatic carbocycles. The van der Waals surface area contributed by atoms with Gasteiger partial charge in [0, 0.05) is 11.6 Å². The van der Waals surface area contributed by atoms with Gasteiger partial charge < -0.3 is 9.67 Å². The minimum Gasteiger partial charge on any atom is -0.478 e. The first-order valence-electron chi connectivity index (χ1n) is 6.15. The summed E-state index contributed by atoms with van der Waals surface area (Å²) >= 11 is 2.05. The highest BCUT2D eigenvalue weighted by Gasteiger charge is 2.14. The van der Waals surface area contributed by atoms with Gasteiger partial charge in [-0.3, -0.25) is 0 Å². The van der Waals surface area contributed by atoms with Gasteiger partial charge in [-0.2, -0.15) is 5.26 Å². The highest BCUT2D eigenvalue weighted by Crippen LogP contribution is 2.26. The molecule has 0 spiro atoms. The Bertz CT molecular complexity index is 906. The summed E-state index contributed by atoms with van der Waals surface area (Å²) in [5.74, 6) is -0.940. The van der Waals surface area contributed by atoms with E-state index in [2.05, 4.69) is 6.07 Å². The standard InChI is InChI=1S/C16H9IN2O2/c17-15-12(16(20)21)2-1-3-14(15)19-7-6-11-8-10(9-18)4-5-13(11)19/h1-8H,(H,20,21). The van der Waals surface area contributed by atoms with Crippen molar-refractivity contribution >= 4 is 39.5 Å². The summed E-state index contributed by atoms with van der Waals surface area (Å²) in [6.45, 7) is 0. The topological polar surface area (TPSA) is 66.0 Å². The number of carbonyl (C=O) groups is 1. The highest BCUT2D eigenvalue weighted by molar-refractivity contribution is 14.1. The van der Waals surface area contributed by atoms with Gasteiger partial charge in [0.1, 0.15) is 0 Å². The second-order valence-corrected chi connectivity index (χ2v) is 5.59. The molecule has 0 fully saturated rings. The number of fused-ring (bicyclic) bond motifs is 1. The number of hydrogen-bond donors (Lipinski definition) is 1. The van der Waals surface area contributed by atoms with Gasteiger partial charge >= 0.3 is 5.97 Å².